The molecule has 1 saturated carbocycles. The molecule has 0 amide bonds. The first-order valence-corrected chi connectivity index (χ1v) is 9.43. The highest BCUT2D eigenvalue weighted by molar-refractivity contribution is 7.71. The summed E-state index contributed by atoms with van der Waals surface area (Å²) in [4.78, 5) is 0. The number of aryl methyl sites for hydroxylation is 2. The van der Waals surface area contributed by atoms with Crippen molar-refractivity contribution in [2.45, 2.75) is 39.7 Å². The van der Waals surface area contributed by atoms with Crippen molar-refractivity contribution in [1.82, 2.24) is 14.9 Å². The fraction of sp³-hybridized carbons (Fsp3) is 0.350. The van der Waals surface area contributed by atoms with Crippen LogP contribution in [0.2, 0.25) is 0 Å². The van der Waals surface area contributed by atoms with Gasteiger partial charge in [0.1, 0.15) is 23.9 Å². The summed E-state index contributed by atoms with van der Waals surface area (Å²) in [5, 5.41) is 11.4. The van der Waals surface area contributed by atoms with E-state index in [4.69, 9.17) is 21.4 Å². The van der Waals surface area contributed by atoms with Crippen LogP contribution < -0.4 is 4.74 Å². The molecule has 2 atom stereocenters. The lowest BCUT2D eigenvalue weighted by Gasteiger charge is -2.11. The molecule has 4 rings (SSSR count). The number of aromatic nitrogens is 3. The van der Waals surface area contributed by atoms with Crippen molar-refractivity contribution in [2.24, 2.45) is 11.0 Å². The van der Waals surface area contributed by atoms with Gasteiger partial charge in [-0.3, -0.25) is 0 Å². The Kier molecular flexibility index (Phi) is 4.70. The van der Waals surface area contributed by atoms with Gasteiger partial charge in [-0.1, -0.05) is 25.1 Å². The normalized spacial score (nSPS) is 18.9. The molecule has 2 heterocycles. The van der Waals surface area contributed by atoms with Crippen LogP contribution in [0.15, 0.2) is 39.9 Å². The molecule has 0 aliphatic heterocycles. The molecule has 27 heavy (non-hydrogen) atoms. The molecule has 3 aromatic rings. The lowest BCUT2D eigenvalue weighted by molar-refractivity contribution is 0.287. The summed E-state index contributed by atoms with van der Waals surface area (Å²) in [5.41, 5.74) is 2.16. The Morgan fingerprint density at radius 3 is 2.78 bits per heavy atom. The number of hydrogen-bond acceptors (Lipinski definition) is 5. The lowest BCUT2D eigenvalue weighted by atomic mass is 10.1. The van der Waals surface area contributed by atoms with Crippen LogP contribution >= 0.6 is 12.2 Å². The summed E-state index contributed by atoms with van der Waals surface area (Å²) in [7, 11) is 0. The molecule has 0 bridgehead atoms. The quantitative estimate of drug-likeness (QED) is 0.494. The SMILES string of the molecule is Cc1cccc(C)c1OCc1n[nH]c(=S)n1/N=C\c1ccc([C@H]2C[C@@H]2C)o1. The number of rotatable bonds is 6. The van der Waals surface area contributed by atoms with Gasteiger partial charge < -0.3 is 9.15 Å². The minimum absolute atomic E-state index is 0.263. The molecule has 1 aromatic carbocycles. The molecule has 1 N–H and O–H groups in total. The predicted octanol–water partition coefficient (Wildman–Crippen LogP) is 4.74. The average Bonchev–Trinajstić information content (AvgIpc) is 3.03. The van der Waals surface area contributed by atoms with Crippen molar-refractivity contribution in [3.8, 4) is 5.75 Å². The van der Waals surface area contributed by atoms with Crippen molar-refractivity contribution < 1.29 is 9.15 Å². The van der Waals surface area contributed by atoms with Crippen LogP contribution in [0.4, 0.5) is 0 Å². The van der Waals surface area contributed by atoms with Crippen LogP contribution in [0.3, 0.4) is 0 Å². The van der Waals surface area contributed by atoms with Gasteiger partial charge in [0.15, 0.2) is 5.82 Å². The van der Waals surface area contributed by atoms with E-state index in [1.165, 1.54) is 6.42 Å². The fourth-order valence-corrected chi connectivity index (χ4v) is 3.37. The van der Waals surface area contributed by atoms with E-state index in [9.17, 15) is 0 Å². The van der Waals surface area contributed by atoms with E-state index in [0.717, 1.165) is 22.6 Å². The smallest absolute Gasteiger partial charge is 0.216 e. The Hall–Kier alpha value is -2.67. The van der Waals surface area contributed by atoms with Crippen LogP contribution in [0, 0.1) is 24.5 Å². The van der Waals surface area contributed by atoms with Gasteiger partial charge in [-0.25, -0.2) is 5.10 Å². The Morgan fingerprint density at radius 1 is 1.33 bits per heavy atom. The van der Waals surface area contributed by atoms with E-state index in [1.54, 1.807) is 10.9 Å². The summed E-state index contributed by atoms with van der Waals surface area (Å²) in [6.45, 7) is 6.53. The number of ether oxygens (including phenoxy) is 1. The second kappa shape index (κ2) is 7.15. The predicted molar refractivity (Wildman–Crippen MR) is 106 cm³/mol. The zero-order valence-corrected chi connectivity index (χ0v) is 16.4. The molecule has 140 valence electrons. The summed E-state index contributed by atoms with van der Waals surface area (Å²) < 4.78 is 13.8. The zero-order valence-electron chi connectivity index (χ0n) is 15.6. The van der Waals surface area contributed by atoms with Crippen molar-refractivity contribution >= 4 is 18.4 Å². The third-order valence-corrected chi connectivity index (χ3v) is 5.16. The highest BCUT2D eigenvalue weighted by Crippen LogP contribution is 2.47. The van der Waals surface area contributed by atoms with Gasteiger partial charge >= 0.3 is 0 Å². The summed E-state index contributed by atoms with van der Waals surface area (Å²) in [6, 6.07) is 10.0. The standard InChI is InChI=1S/C20H22N4O2S/c1-12-5-4-6-13(2)19(12)25-11-18-22-23-20(27)24(18)21-10-15-7-8-17(26-15)16-9-14(16)3/h4-8,10,14,16H,9,11H2,1-3H3,(H,23,27)/b21-10-/t14-,16-/m0/s1. The number of nitrogens with one attached hydrogen (secondary N) is 1. The van der Waals surface area contributed by atoms with E-state index in [0.29, 0.717) is 28.2 Å². The highest BCUT2D eigenvalue weighted by atomic mass is 32.1. The molecule has 6 nitrogen and oxygen atoms in total. The van der Waals surface area contributed by atoms with Crippen molar-refractivity contribution in [2.75, 3.05) is 0 Å². The molecule has 1 aliphatic carbocycles. The molecule has 1 aliphatic rings. The minimum Gasteiger partial charge on any atom is -0.485 e. The Labute approximate surface area is 162 Å². The van der Waals surface area contributed by atoms with Gasteiger partial charge in [-0.2, -0.15) is 14.9 Å². The van der Waals surface area contributed by atoms with Crippen molar-refractivity contribution in [3.05, 3.63) is 63.6 Å². The maximum Gasteiger partial charge on any atom is 0.216 e. The number of hydrogen-bond donors (Lipinski definition) is 1. The van der Waals surface area contributed by atoms with Gasteiger partial charge in [-0.15, -0.1) is 0 Å². The van der Waals surface area contributed by atoms with E-state index >= 15 is 0 Å². The van der Waals surface area contributed by atoms with Gasteiger partial charge in [0.25, 0.3) is 0 Å². The monoisotopic (exact) mass is 382 g/mol. The Bertz CT molecular complexity index is 1030. The summed E-state index contributed by atoms with van der Waals surface area (Å²) >= 11 is 5.29. The number of furan rings is 1. The molecule has 7 heteroatoms. The second-order valence-corrected chi connectivity index (χ2v) is 7.46. The lowest BCUT2D eigenvalue weighted by Crippen LogP contribution is -2.05. The van der Waals surface area contributed by atoms with Gasteiger partial charge in [0.2, 0.25) is 4.77 Å². The van der Waals surface area contributed by atoms with Gasteiger partial charge in [0.05, 0.1) is 6.21 Å². The van der Waals surface area contributed by atoms with Crippen LogP contribution in [0.1, 0.15) is 47.7 Å². The molecule has 0 radical (unpaired) electrons. The van der Waals surface area contributed by atoms with Gasteiger partial charge in [-0.05, 0) is 61.7 Å². The molecule has 2 aromatic heterocycles. The molecule has 0 unspecified atom stereocenters. The number of benzene rings is 1. The van der Waals surface area contributed by atoms with Crippen LogP contribution in [-0.2, 0) is 6.61 Å². The van der Waals surface area contributed by atoms with E-state index in [1.807, 2.05) is 44.2 Å². The first kappa shape index (κ1) is 17.7. The average molecular weight is 382 g/mol. The maximum atomic E-state index is 5.97. The molecule has 1 fully saturated rings. The van der Waals surface area contributed by atoms with Gasteiger partial charge in [0, 0.05) is 5.92 Å². The number of para-hydroxylation sites is 1. The van der Waals surface area contributed by atoms with E-state index in [-0.39, 0.29) is 6.61 Å². The maximum absolute atomic E-state index is 5.97. The topological polar surface area (TPSA) is 68.3 Å². The van der Waals surface area contributed by atoms with Crippen molar-refractivity contribution in [1.29, 1.82) is 0 Å². The number of H-pyrrole nitrogens is 1. The Balaban J connectivity index is 1.50. The minimum atomic E-state index is 0.263. The second-order valence-electron chi connectivity index (χ2n) is 7.07. The largest absolute Gasteiger partial charge is 0.485 e. The fourth-order valence-electron chi connectivity index (χ4n) is 3.17. The molecule has 0 saturated heterocycles. The third kappa shape index (κ3) is 3.73. The zero-order chi connectivity index (χ0) is 19.0. The summed E-state index contributed by atoms with van der Waals surface area (Å²) in [6.07, 6.45) is 2.85. The van der Waals surface area contributed by atoms with E-state index < -0.39 is 0 Å². The number of aromatic amines is 1. The molecule has 0 spiro atoms. The highest BCUT2D eigenvalue weighted by Gasteiger charge is 2.36. The van der Waals surface area contributed by atoms with E-state index in [2.05, 4.69) is 22.2 Å². The Morgan fingerprint density at radius 2 is 2.07 bits per heavy atom. The number of nitrogens with zero attached hydrogens (tertiary/aromatic N) is 3. The first-order valence-electron chi connectivity index (χ1n) is 9.02. The molecular formula is C20H22N4O2S. The third-order valence-electron chi connectivity index (χ3n) is 4.89. The van der Waals surface area contributed by atoms with Crippen LogP contribution in [-0.4, -0.2) is 21.1 Å². The first-order chi connectivity index (χ1) is 13.0. The van der Waals surface area contributed by atoms with Crippen molar-refractivity contribution in [3.63, 3.8) is 0 Å². The molecular weight excluding hydrogens is 360 g/mol. The van der Waals surface area contributed by atoms with Crippen LogP contribution in [0.25, 0.3) is 0 Å². The summed E-state index contributed by atoms with van der Waals surface area (Å²) in [5.74, 6) is 4.44. The van der Waals surface area contributed by atoms with Crippen LogP contribution in [0.5, 0.6) is 5.75 Å².